The smallest absolute Gasteiger partial charge is 0.239 e. The van der Waals surface area contributed by atoms with Crippen molar-refractivity contribution in [3.05, 3.63) is 83.6 Å². The Bertz CT molecular complexity index is 1050. The summed E-state index contributed by atoms with van der Waals surface area (Å²) >= 11 is 0. The van der Waals surface area contributed by atoms with Crippen LogP contribution in [-0.4, -0.2) is 19.6 Å². The van der Waals surface area contributed by atoms with Gasteiger partial charge in [0.25, 0.3) is 0 Å². The Morgan fingerprint density at radius 3 is 2.39 bits per heavy atom. The number of pyridine rings is 1. The number of hydrazone groups is 1. The molecule has 3 aromatic rings. The SMILES string of the molecule is Cc1ccc(COc2ccc(/C=N/Nc3ccc(S(N)(=O)=O)cn3)cc2)cc1. The van der Waals surface area contributed by atoms with Gasteiger partial charge in [-0.3, -0.25) is 5.43 Å². The number of aryl methyl sites for hydroxylation is 1. The fraction of sp³-hybridized carbons (Fsp3) is 0.100. The van der Waals surface area contributed by atoms with E-state index in [1.165, 1.54) is 23.9 Å². The zero-order chi connectivity index (χ0) is 20.0. The van der Waals surface area contributed by atoms with Crippen molar-refractivity contribution in [2.75, 3.05) is 5.43 Å². The molecule has 28 heavy (non-hydrogen) atoms. The van der Waals surface area contributed by atoms with Crippen molar-refractivity contribution in [3.63, 3.8) is 0 Å². The van der Waals surface area contributed by atoms with E-state index < -0.39 is 10.0 Å². The third-order valence-corrected chi connectivity index (χ3v) is 4.76. The minimum absolute atomic E-state index is 0.0525. The number of aromatic nitrogens is 1. The van der Waals surface area contributed by atoms with E-state index in [4.69, 9.17) is 9.88 Å². The van der Waals surface area contributed by atoms with Gasteiger partial charge in [0.05, 0.1) is 6.21 Å². The highest BCUT2D eigenvalue weighted by molar-refractivity contribution is 7.89. The van der Waals surface area contributed by atoms with Gasteiger partial charge in [-0.15, -0.1) is 0 Å². The number of sulfonamides is 1. The second kappa shape index (κ2) is 8.64. The van der Waals surface area contributed by atoms with Crippen molar-refractivity contribution < 1.29 is 13.2 Å². The topological polar surface area (TPSA) is 107 Å². The van der Waals surface area contributed by atoms with E-state index in [2.05, 4.69) is 34.6 Å². The molecular weight excluding hydrogens is 376 g/mol. The number of rotatable bonds is 7. The fourth-order valence-electron chi connectivity index (χ4n) is 2.29. The molecule has 0 unspecified atom stereocenters. The molecule has 1 heterocycles. The monoisotopic (exact) mass is 396 g/mol. The number of hydrogen-bond acceptors (Lipinski definition) is 6. The molecule has 1 aromatic heterocycles. The van der Waals surface area contributed by atoms with Crippen LogP contribution in [0.2, 0.25) is 0 Å². The predicted octanol–water partition coefficient (Wildman–Crippen LogP) is 3.06. The molecule has 0 atom stereocenters. The van der Waals surface area contributed by atoms with Crippen LogP contribution in [0.3, 0.4) is 0 Å². The molecule has 3 rings (SSSR count). The number of nitrogens with two attached hydrogens (primary N) is 1. The highest BCUT2D eigenvalue weighted by Gasteiger charge is 2.07. The molecule has 0 aliphatic heterocycles. The maximum absolute atomic E-state index is 11.2. The van der Waals surface area contributed by atoms with Gasteiger partial charge in [-0.25, -0.2) is 18.5 Å². The maximum atomic E-state index is 11.2. The molecule has 0 aliphatic rings. The summed E-state index contributed by atoms with van der Waals surface area (Å²) in [5.41, 5.74) is 5.93. The minimum atomic E-state index is -3.75. The van der Waals surface area contributed by atoms with E-state index in [9.17, 15) is 8.42 Å². The van der Waals surface area contributed by atoms with Crippen molar-refractivity contribution in [3.8, 4) is 5.75 Å². The van der Waals surface area contributed by atoms with Crippen LogP contribution in [-0.2, 0) is 16.6 Å². The number of benzene rings is 2. The van der Waals surface area contributed by atoms with E-state index in [-0.39, 0.29) is 4.90 Å². The van der Waals surface area contributed by atoms with Gasteiger partial charge in [-0.05, 0) is 54.4 Å². The first-order valence-electron chi connectivity index (χ1n) is 8.46. The van der Waals surface area contributed by atoms with Gasteiger partial charge in [0.15, 0.2) is 0 Å². The molecule has 0 aliphatic carbocycles. The van der Waals surface area contributed by atoms with Gasteiger partial charge in [0.2, 0.25) is 10.0 Å². The summed E-state index contributed by atoms with van der Waals surface area (Å²) in [7, 11) is -3.75. The Kier molecular flexibility index (Phi) is 6.03. The van der Waals surface area contributed by atoms with E-state index >= 15 is 0 Å². The first-order chi connectivity index (χ1) is 13.4. The molecule has 0 saturated heterocycles. The number of nitrogens with one attached hydrogen (secondary N) is 1. The highest BCUT2D eigenvalue weighted by atomic mass is 32.2. The molecule has 0 bridgehead atoms. The lowest BCUT2D eigenvalue weighted by Gasteiger charge is -2.07. The van der Waals surface area contributed by atoms with E-state index in [1.807, 2.05) is 36.4 Å². The predicted molar refractivity (Wildman–Crippen MR) is 109 cm³/mol. The van der Waals surface area contributed by atoms with Gasteiger partial charge in [0, 0.05) is 6.20 Å². The van der Waals surface area contributed by atoms with Crippen molar-refractivity contribution in [2.24, 2.45) is 10.2 Å². The zero-order valence-electron chi connectivity index (χ0n) is 15.2. The Labute approximate surface area is 163 Å². The second-order valence-electron chi connectivity index (χ2n) is 6.14. The van der Waals surface area contributed by atoms with Crippen LogP contribution in [0.4, 0.5) is 5.82 Å². The van der Waals surface area contributed by atoms with Gasteiger partial charge < -0.3 is 4.74 Å². The van der Waals surface area contributed by atoms with Gasteiger partial charge in [0.1, 0.15) is 23.1 Å². The van der Waals surface area contributed by atoms with Gasteiger partial charge in [-0.1, -0.05) is 29.8 Å². The van der Waals surface area contributed by atoms with Crippen molar-refractivity contribution in [2.45, 2.75) is 18.4 Å². The maximum Gasteiger partial charge on any atom is 0.239 e. The summed E-state index contributed by atoms with van der Waals surface area (Å²) < 4.78 is 28.1. The Balaban J connectivity index is 1.52. The Morgan fingerprint density at radius 2 is 1.79 bits per heavy atom. The summed E-state index contributed by atoms with van der Waals surface area (Å²) in [5.74, 6) is 1.17. The first kappa shape index (κ1) is 19.5. The van der Waals surface area contributed by atoms with Crippen molar-refractivity contribution in [1.29, 1.82) is 0 Å². The van der Waals surface area contributed by atoms with Crippen LogP contribution >= 0.6 is 0 Å². The molecule has 3 N–H and O–H groups in total. The number of ether oxygens (including phenoxy) is 1. The summed E-state index contributed by atoms with van der Waals surface area (Å²) in [6.07, 6.45) is 2.80. The summed E-state index contributed by atoms with van der Waals surface area (Å²) in [6.45, 7) is 2.56. The zero-order valence-corrected chi connectivity index (χ0v) is 16.1. The number of anilines is 1. The lowest BCUT2D eigenvalue weighted by Crippen LogP contribution is -2.12. The lowest BCUT2D eigenvalue weighted by molar-refractivity contribution is 0.306. The molecule has 0 spiro atoms. The summed E-state index contributed by atoms with van der Waals surface area (Å²) in [6, 6.07) is 18.6. The minimum Gasteiger partial charge on any atom is -0.489 e. The third-order valence-electron chi connectivity index (χ3n) is 3.86. The van der Waals surface area contributed by atoms with Gasteiger partial charge in [-0.2, -0.15) is 5.10 Å². The largest absolute Gasteiger partial charge is 0.489 e. The van der Waals surface area contributed by atoms with E-state index in [0.29, 0.717) is 12.4 Å². The van der Waals surface area contributed by atoms with Crippen LogP contribution < -0.4 is 15.3 Å². The molecule has 8 heteroatoms. The van der Waals surface area contributed by atoms with Crippen LogP contribution in [0, 0.1) is 6.92 Å². The normalized spacial score (nSPS) is 11.5. The standard InChI is InChI=1S/C20H20N4O3S/c1-15-2-4-17(5-3-15)14-27-18-8-6-16(7-9-18)12-23-24-20-11-10-19(13-22-20)28(21,25)26/h2-13H,14H2,1H3,(H,22,24)(H2,21,25,26)/b23-12+. The average Bonchev–Trinajstić information content (AvgIpc) is 2.68. The molecular formula is C20H20N4O3S. The Hall–Kier alpha value is -3.23. The molecule has 7 nitrogen and oxygen atoms in total. The molecule has 2 aromatic carbocycles. The van der Waals surface area contributed by atoms with Crippen LogP contribution in [0.25, 0.3) is 0 Å². The summed E-state index contributed by atoms with van der Waals surface area (Å²) in [5, 5.41) is 9.10. The number of hydrogen-bond donors (Lipinski definition) is 2. The lowest BCUT2D eigenvalue weighted by atomic mass is 10.2. The Morgan fingerprint density at radius 1 is 1.07 bits per heavy atom. The van der Waals surface area contributed by atoms with Crippen LogP contribution in [0.1, 0.15) is 16.7 Å². The van der Waals surface area contributed by atoms with Crippen molar-refractivity contribution >= 4 is 22.1 Å². The molecule has 0 saturated carbocycles. The van der Waals surface area contributed by atoms with Crippen LogP contribution in [0.15, 0.2) is 76.9 Å². The first-order valence-corrected chi connectivity index (χ1v) is 10.0. The number of nitrogens with zero attached hydrogens (tertiary/aromatic N) is 2. The van der Waals surface area contributed by atoms with Gasteiger partial charge >= 0.3 is 0 Å². The summed E-state index contributed by atoms with van der Waals surface area (Å²) in [4.78, 5) is 3.89. The molecule has 0 fully saturated rings. The quantitative estimate of drug-likeness (QED) is 0.471. The van der Waals surface area contributed by atoms with Crippen molar-refractivity contribution in [1.82, 2.24) is 4.98 Å². The third kappa shape index (κ3) is 5.63. The molecule has 0 radical (unpaired) electrons. The average molecular weight is 396 g/mol. The second-order valence-corrected chi connectivity index (χ2v) is 7.70. The van der Waals surface area contributed by atoms with Crippen LogP contribution in [0.5, 0.6) is 5.75 Å². The number of primary sulfonamides is 1. The molecule has 0 amide bonds. The molecule has 144 valence electrons. The fourth-order valence-corrected chi connectivity index (χ4v) is 2.75. The highest BCUT2D eigenvalue weighted by Crippen LogP contribution is 2.14. The van der Waals surface area contributed by atoms with E-state index in [0.717, 1.165) is 16.9 Å². The van der Waals surface area contributed by atoms with E-state index in [1.54, 1.807) is 6.21 Å².